The van der Waals surface area contributed by atoms with Crippen LogP contribution in [0.25, 0.3) is 10.9 Å². The van der Waals surface area contributed by atoms with Gasteiger partial charge in [-0.05, 0) is 55.5 Å². The number of aromatic amines is 1. The Labute approximate surface area is 291 Å². The van der Waals surface area contributed by atoms with Gasteiger partial charge < -0.3 is 25.2 Å². The van der Waals surface area contributed by atoms with Crippen LogP contribution in [-0.2, 0) is 42.1 Å². The molecule has 268 valence electrons. The number of benzene rings is 2. The third-order valence-corrected chi connectivity index (χ3v) is 11.2. The number of aliphatic hydroxyl groups is 1. The van der Waals surface area contributed by atoms with Crippen LogP contribution in [0, 0.1) is 11.8 Å². The summed E-state index contributed by atoms with van der Waals surface area (Å²) in [6, 6.07) is 14.5. The molecule has 2 aromatic carbocycles. The number of hydrogen-bond donors (Lipinski definition) is 4. The number of rotatable bonds is 5. The molecule has 13 nitrogen and oxygen atoms in total. The van der Waals surface area contributed by atoms with Gasteiger partial charge in [0.2, 0.25) is 17.5 Å². The Kier molecular flexibility index (Phi) is 8.62. The lowest BCUT2D eigenvalue weighted by atomic mass is 9.72. The molecule has 4 saturated heterocycles. The van der Waals surface area contributed by atoms with Crippen molar-refractivity contribution in [1.82, 2.24) is 25.0 Å². The average molecular weight is 708 g/mol. The molecule has 5 aliphatic rings. The van der Waals surface area contributed by atoms with Crippen molar-refractivity contribution >= 4 is 38.7 Å². The van der Waals surface area contributed by atoms with Gasteiger partial charge in [0, 0.05) is 54.5 Å². The maximum absolute atomic E-state index is 14.6. The van der Waals surface area contributed by atoms with E-state index < -0.39 is 51.6 Å². The molecule has 7 atom stereocenters. The van der Waals surface area contributed by atoms with Crippen molar-refractivity contribution in [3.8, 4) is 0 Å². The Balaban J connectivity index is 0.000000734. The Hall–Kier alpha value is -3.82. The standard InChI is InChI=1S/C35H41N5O5.CH4O3S/c1-20(2)34(37-31(41)23-16-25-24-11-7-12-26-30(24)22(18-36-26)17-27(25)38(3)19-23)33(43)40-28(15-21-9-5-4-6-10-21)32(42)39-14-8-13-29(39)35(40,44)45-34;1-5(2,3)4/h4-7,9-12,18,20,23,25,27-29,36,44H,8,13-17,19H2,1-3H3,(H,37,41);1H3,(H,2,3,4)/t23?,25?,27?,28?,29?,34-,35+;/m0./s1. The number of hydrogen-bond acceptors (Lipinski definition) is 8. The number of likely N-dealkylation sites (N-methyl/N-ethyl adjacent to an activating group) is 1. The molecule has 4 N–H and O–H groups in total. The Bertz CT molecular complexity index is 1930. The molecule has 8 rings (SSSR count). The van der Waals surface area contributed by atoms with Crippen molar-refractivity contribution in [2.45, 2.75) is 81.6 Å². The normalized spacial score (nSPS) is 32.0. The third-order valence-electron chi connectivity index (χ3n) is 11.2. The molecule has 3 aromatic rings. The van der Waals surface area contributed by atoms with Gasteiger partial charge >= 0.3 is 0 Å². The van der Waals surface area contributed by atoms with Crippen LogP contribution in [0.4, 0.5) is 0 Å². The summed E-state index contributed by atoms with van der Waals surface area (Å²) in [5.74, 6) is -3.80. The molecule has 4 fully saturated rings. The molecule has 3 amide bonds. The second-order valence-corrected chi connectivity index (χ2v) is 16.2. The lowest BCUT2D eigenvalue weighted by Gasteiger charge is -2.48. The third kappa shape index (κ3) is 5.70. The molecule has 1 aromatic heterocycles. The van der Waals surface area contributed by atoms with E-state index >= 15 is 0 Å². The van der Waals surface area contributed by atoms with Crippen molar-refractivity contribution in [2.24, 2.45) is 11.8 Å². The van der Waals surface area contributed by atoms with Gasteiger partial charge in [0.1, 0.15) is 12.1 Å². The first-order valence-electron chi connectivity index (χ1n) is 17.3. The van der Waals surface area contributed by atoms with E-state index in [0.717, 1.165) is 17.5 Å². The van der Waals surface area contributed by atoms with E-state index in [4.69, 9.17) is 9.29 Å². The Morgan fingerprint density at radius 2 is 1.86 bits per heavy atom. The number of piperidine rings is 1. The minimum Gasteiger partial charge on any atom is -0.361 e. The lowest BCUT2D eigenvalue weighted by Crippen LogP contribution is -2.71. The number of H-pyrrole nitrogens is 1. The van der Waals surface area contributed by atoms with E-state index in [2.05, 4.69) is 46.6 Å². The number of fused-ring (bicyclic) bond motifs is 5. The van der Waals surface area contributed by atoms with Crippen LogP contribution in [0.3, 0.4) is 0 Å². The maximum atomic E-state index is 14.6. The summed E-state index contributed by atoms with van der Waals surface area (Å²) in [5, 5.41) is 16.6. The molecule has 50 heavy (non-hydrogen) atoms. The monoisotopic (exact) mass is 707 g/mol. The predicted octanol–water partition coefficient (Wildman–Crippen LogP) is 2.22. The van der Waals surface area contributed by atoms with Gasteiger partial charge in [-0.2, -0.15) is 8.42 Å². The van der Waals surface area contributed by atoms with Gasteiger partial charge in [-0.25, -0.2) is 0 Å². The summed E-state index contributed by atoms with van der Waals surface area (Å²) in [6.45, 7) is 4.68. The first-order chi connectivity index (χ1) is 23.6. The number of carbonyl (C=O) groups is 3. The molecule has 0 spiro atoms. The fraction of sp³-hybridized carbons (Fsp3) is 0.528. The predicted molar refractivity (Wildman–Crippen MR) is 184 cm³/mol. The first kappa shape index (κ1) is 34.6. The second kappa shape index (κ2) is 12.4. The van der Waals surface area contributed by atoms with Crippen molar-refractivity contribution in [1.29, 1.82) is 0 Å². The zero-order chi connectivity index (χ0) is 35.7. The smallest absolute Gasteiger partial charge is 0.281 e. The zero-order valence-corrected chi connectivity index (χ0v) is 29.5. The number of carbonyl (C=O) groups excluding carboxylic acids is 3. The molecule has 0 radical (unpaired) electrons. The van der Waals surface area contributed by atoms with Gasteiger partial charge in [0.15, 0.2) is 0 Å². The number of nitrogens with zero attached hydrogens (tertiary/aromatic N) is 3. The van der Waals surface area contributed by atoms with E-state index in [1.54, 1.807) is 4.90 Å². The molecule has 14 heteroatoms. The summed E-state index contributed by atoms with van der Waals surface area (Å²) >= 11 is 0. The van der Waals surface area contributed by atoms with Crippen LogP contribution < -0.4 is 5.32 Å². The summed E-state index contributed by atoms with van der Waals surface area (Å²) in [7, 11) is -1.60. The average Bonchev–Trinajstić information content (AvgIpc) is 3.77. The summed E-state index contributed by atoms with van der Waals surface area (Å²) in [5.41, 5.74) is 2.75. The number of ether oxygens (including phenoxy) is 1. The van der Waals surface area contributed by atoms with Crippen LogP contribution in [-0.4, -0.2) is 112 Å². The Morgan fingerprint density at radius 3 is 2.56 bits per heavy atom. The highest BCUT2D eigenvalue weighted by atomic mass is 32.2. The highest BCUT2D eigenvalue weighted by Gasteiger charge is 2.72. The fourth-order valence-electron chi connectivity index (χ4n) is 8.99. The summed E-state index contributed by atoms with van der Waals surface area (Å²) < 4.78 is 32.4. The van der Waals surface area contributed by atoms with Gasteiger partial charge in [0.05, 0.1) is 12.2 Å². The SMILES string of the molecule is CC(C)[C@]1(NC(=O)C2CC3c4cccc5[nH]cc(c45)CC3N(C)C2)O[C@]2(O)C3CCCN3C(=O)C(Cc3ccccc3)N2C1=O.CS(=O)(=O)O. The molecule has 4 aliphatic heterocycles. The van der Waals surface area contributed by atoms with Crippen molar-refractivity contribution in [3.05, 3.63) is 71.4 Å². The number of amides is 3. The zero-order valence-electron chi connectivity index (χ0n) is 28.7. The number of piperazine rings is 1. The van der Waals surface area contributed by atoms with Crippen LogP contribution in [0.15, 0.2) is 54.7 Å². The first-order valence-corrected chi connectivity index (χ1v) is 19.1. The van der Waals surface area contributed by atoms with E-state index in [1.165, 1.54) is 21.4 Å². The van der Waals surface area contributed by atoms with Gasteiger partial charge in [-0.1, -0.05) is 56.3 Å². The number of aromatic nitrogens is 1. The van der Waals surface area contributed by atoms with Gasteiger partial charge in [-0.3, -0.25) is 28.6 Å². The molecule has 5 heterocycles. The summed E-state index contributed by atoms with van der Waals surface area (Å²) in [6.07, 6.45) is 5.84. The molecule has 1 aliphatic carbocycles. The Morgan fingerprint density at radius 1 is 1.14 bits per heavy atom. The van der Waals surface area contributed by atoms with Crippen LogP contribution in [0.1, 0.15) is 55.7 Å². The molecule has 5 unspecified atom stereocenters. The van der Waals surface area contributed by atoms with E-state index in [1.807, 2.05) is 44.2 Å². The highest BCUT2D eigenvalue weighted by Crippen LogP contribution is 2.49. The van der Waals surface area contributed by atoms with Crippen molar-refractivity contribution < 1.29 is 37.2 Å². The van der Waals surface area contributed by atoms with Crippen LogP contribution in [0.2, 0.25) is 0 Å². The fourth-order valence-corrected chi connectivity index (χ4v) is 8.99. The number of likely N-dealkylation sites (tertiary alicyclic amines) is 1. The van der Waals surface area contributed by atoms with Crippen LogP contribution >= 0.6 is 0 Å². The van der Waals surface area contributed by atoms with E-state index in [9.17, 15) is 27.9 Å². The largest absolute Gasteiger partial charge is 0.361 e. The minimum absolute atomic E-state index is 0.164. The van der Waals surface area contributed by atoms with Gasteiger partial charge in [-0.15, -0.1) is 0 Å². The quantitative estimate of drug-likeness (QED) is 0.290. The van der Waals surface area contributed by atoms with Crippen molar-refractivity contribution in [3.63, 3.8) is 0 Å². The maximum Gasteiger partial charge on any atom is 0.281 e. The molecule has 0 bridgehead atoms. The molecular formula is C36H45N5O8S. The topological polar surface area (TPSA) is 173 Å². The lowest BCUT2D eigenvalue weighted by molar-refractivity contribution is -0.321. The van der Waals surface area contributed by atoms with E-state index in [0.29, 0.717) is 38.6 Å². The summed E-state index contributed by atoms with van der Waals surface area (Å²) in [4.78, 5) is 51.4. The highest BCUT2D eigenvalue weighted by molar-refractivity contribution is 7.85. The number of nitrogens with one attached hydrogen (secondary N) is 2. The van der Waals surface area contributed by atoms with Crippen molar-refractivity contribution in [2.75, 3.05) is 26.4 Å². The molecule has 0 saturated carbocycles. The second-order valence-electron chi connectivity index (χ2n) is 14.8. The molecular weight excluding hydrogens is 662 g/mol. The van der Waals surface area contributed by atoms with Gasteiger partial charge in [0.25, 0.3) is 21.9 Å². The minimum atomic E-state index is -3.67. The van der Waals surface area contributed by atoms with Crippen LogP contribution in [0.5, 0.6) is 0 Å². The van der Waals surface area contributed by atoms with E-state index in [-0.39, 0.29) is 30.2 Å².